The lowest BCUT2D eigenvalue weighted by Crippen LogP contribution is -2.30. The van der Waals surface area contributed by atoms with E-state index in [1.165, 1.54) is 23.9 Å². The standard InChI is InChI=1S/C20H19FN2OS/c1-14(2)13-25-20-22-18(12-15-6-4-3-5-7-15)19(24)23(20)17-10-8-16(21)9-11-17/h3-12,14H,13H2,1-2H3/b18-12-. The topological polar surface area (TPSA) is 32.7 Å². The monoisotopic (exact) mass is 354 g/mol. The maximum Gasteiger partial charge on any atom is 0.283 e. The number of anilines is 1. The predicted molar refractivity (Wildman–Crippen MR) is 103 cm³/mol. The van der Waals surface area contributed by atoms with Crippen LogP contribution in [0.4, 0.5) is 10.1 Å². The molecule has 1 heterocycles. The van der Waals surface area contributed by atoms with E-state index in [1.54, 1.807) is 23.1 Å². The van der Waals surface area contributed by atoms with Crippen LogP contribution in [0.25, 0.3) is 6.08 Å². The van der Waals surface area contributed by atoms with Crippen molar-refractivity contribution in [3.05, 3.63) is 71.7 Å². The number of nitrogens with zero attached hydrogens (tertiary/aromatic N) is 2. The van der Waals surface area contributed by atoms with Crippen molar-refractivity contribution in [2.75, 3.05) is 10.7 Å². The first-order valence-corrected chi connectivity index (χ1v) is 9.11. The number of hydrogen-bond donors (Lipinski definition) is 0. The molecule has 3 rings (SSSR count). The van der Waals surface area contributed by atoms with E-state index in [0.717, 1.165) is 11.3 Å². The van der Waals surface area contributed by atoms with E-state index in [4.69, 9.17) is 0 Å². The van der Waals surface area contributed by atoms with Crippen molar-refractivity contribution in [2.45, 2.75) is 13.8 Å². The van der Waals surface area contributed by atoms with Gasteiger partial charge in [0, 0.05) is 5.75 Å². The Bertz CT molecular complexity index is 813. The van der Waals surface area contributed by atoms with Gasteiger partial charge in [-0.3, -0.25) is 9.69 Å². The quantitative estimate of drug-likeness (QED) is 0.727. The summed E-state index contributed by atoms with van der Waals surface area (Å²) in [4.78, 5) is 19.0. The number of hydrogen-bond acceptors (Lipinski definition) is 3. The van der Waals surface area contributed by atoms with Gasteiger partial charge in [0.15, 0.2) is 5.17 Å². The molecule has 1 amide bonds. The Morgan fingerprint density at radius 1 is 1.12 bits per heavy atom. The summed E-state index contributed by atoms with van der Waals surface area (Å²) < 4.78 is 13.2. The van der Waals surface area contributed by atoms with Gasteiger partial charge in [-0.2, -0.15) is 0 Å². The summed E-state index contributed by atoms with van der Waals surface area (Å²) in [5.74, 6) is 0.799. The zero-order valence-corrected chi connectivity index (χ0v) is 15.0. The largest absolute Gasteiger partial charge is 0.283 e. The van der Waals surface area contributed by atoms with Gasteiger partial charge in [0.05, 0.1) is 5.69 Å². The molecule has 0 unspecified atom stereocenters. The van der Waals surface area contributed by atoms with Crippen molar-refractivity contribution in [2.24, 2.45) is 10.9 Å². The molecule has 0 saturated heterocycles. The van der Waals surface area contributed by atoms with Gasteiger partial charge in [0.25, 0.3) is 5.91 Å². The molecule has 0 aromatic heterocycles. The van der Waals surface area contributed by atoms with E-state index in [1.807, 2.05) is 30.3 Å². The molecule has 3 nitrogen and oxygen atoms in total. The van der Waals surface area contributed by atoms with Crippen LogP contribution in [-0.4, -0.2) is 16.8 Å². The first-order valence-electron chi connectivity index (χ1n) is 8.13. The molecule has 0 aliphatic carbocycles. The summed E-state index contributed by atoms with van der Waals surface area (Å²) in [6, 6.07) is 15.5. The SMILES string of the molecule is CC(C)CSC1=N/C(=C\c2ccccc2)C(=O)N1c1ccc(F)cc1. The van der Waals surface area contributed by atoms with Crippen molar-refractivity contribution in [1.82, 2.24) is 0 Å². The van der Waals surface area contributed by atoms with Crippen LogP contribution in [0.5, 0.6) is 0 Å². The molecule has 2 aromatic rings. The van der Waals surface area contributed by atoms with Crippen LogP contribution in [-0.2, 0) is 4.79 Å². The Morgan fingerprint density at radius 3 is 2.44 bits per heavy atom. The molecular weight excluding hydrogens is 335 g/mol. The maximum atomic E-state index is 13.2. The summed E-state index contributed by atoms with van der Waals surface area (Å²) in [6.45, 7) is 4.24. The number of amides is 1. The lowest BCUT2D eigenvalue weighted by atomic mass is 10.2. The van der Waals surface area contributed by atoms with Gasteiger partial charge in [0.1, 0.15) is 11.5 Å². The Kier molecular flexibility index (Phi) is 5.34. The van der Waals surface area contributed by atoms with Crippen molar-refractivity contribution in [1.29, 1.82) is 0 Å². The molecule has 128 valence electrons. The molecule has 0 spiro atoms. The average Bonchev–Trinajstić information content (AvgIpc) is 2.91. The molecule has 0 bridgehead atoms. The molecular formula is C20H19FN2OS. The summed E-state index contributed by atoms with van der Waals surface area (Å²) >= 11 is 1.54. The molecule has 25 heavy (non-hydrogen) atoms. The number of rotatable bonds is 4. The minimum absolute atomic E-state index is 0.193. The number of aliphatic imine (C=N–C) groups is 1. The highest BCUT2D eigenvalue weighted by Crippen LogP contribution is 2.30. The van der Waals surface area contributed by atoms with Crippen LogP contribution >= 0.6 is 11.8 Å². The third kappa shape index (κ3) is 4.17. The van der Waals surface area contributed by atoms with Crippen molar-refractivity contribution in [3.63, 3.8) is 0 Å². The molecule has 0 saturated carbocycles. The second-order valence-electron chi connectivity index (χ2n) is 6.16. The van der Waals surface area contributed by atoms with Gasteiger partial charge in [-0.25, -0.2) is 9.38 Å². The van der Waals surface area contributed by atoms with E-state index in [2.05, 4.69) is 18.8 Å². The summed E-state index contributed by atoms with van der Waals surface area (Å²) in [5, 5.41) is 0.632. The fourth-order valence-corrected chi connectivity index (χ4v) is 3.32. The number of carbonyl (C=O) groups excluding carboxylic acids is 1. The molecule has 1 aliphatic heterocycles. The van der Waals surface area contributed by atoms with Crippen LogP contribution in [0.15, 0.2) is 65.3 Å². The van der Waals surface area contributed by atoms with Crippen LogP contribution in [0, 0.1) is 11.7 Å². The normalized spacial score (nSPS) is 16.0. The van der Waals surface area contributed by atoms with E-state index in [0.29, 0.717) is 22.5 Å². The molecule has 0 N–H and O–H groups in total. The molecule has 0 fully saturated rings. The third-order valence-electron chi connectivity index (χ3n) is 3.56. The van der Waals surface area contributed by atoms with Crippen molar-refractivity contribution < 1.29 is 9.18 Å². The fraction of sp³-hybridized carbons (Fsp3) is 0.200. The van der Waals surface area contributed by atoms with E-state index in [-0.39, 0.29) is 11.7 Å². The molecule has 1 aliphatic rings. The van der Waals surface area contributed by atoms with Gasteiger partial charge in [-0.1, -0.05) is 55.9 Å². The van der Waals surface area contributed by atoms with Crippen molar-refractivity contribution in [3.8, 4) is 0 Å². The second-order valence-corrected chi connectivity index (χ2v) is 7.14. The summed E-state index contributed by atoms with van der Waals surface area (Å²) in [7, 11) is 0. The Labute approximate surface area is 151 Å². The lowest BCUT2D eigenvalue weighted by Gasteiger charge is -2.18. The molecule has 0 radical (unpaired) electrons. The minimum Gasteiger partial charge on any atom is -0.266 e. The fourth-order valence-electron chi connectivity index (χ4n) is 2.36. The summed E-state index contributed by atoms with van der Waals surface area (Å²) in [5.41, 5.74) is 1.93. The smallest absolute Gasteiger partial charge is 0.266 e. The van der Waals surface area contributed by atoms with Gasteiger partial charge in [0.2, 0.25) is 0 Å². The third-order valence-corrected chi connectivity index (χ3v) is 4.93. The average molecular weight is 354 g/mol. The van der Waals surface area contributed by atoms with Crippen LogP contribution in [0.3, 0.4) is 0 Å². The minimum atomic E-state index is -0.330. The number of thioether (sulfide) groups is 1. The van der Waals surface area contributed by atoms with Gasteiger partial charge in [-0.15, -0.1) is 0 Å². The molecule has 5 heteroatoms. The van der Waals surface area contributed by atoms with Crippen LogP contribution in [0.2, 0.25) is 0 Å². The zero-order valence-electron chi connectivity index (χ0n) is 14.1. The first-order chi connectivity index (χ1) is 12.0. The molecule has 2 aromatic carbocycles. The highest BCUT2D eigenvalue weighted by molar-refractivity contribution is 8.14. The molecule has 0 atom stereocenters. The highest BCUT2D eigenvalue weighted by Gasteiger charge is 2.32. The predicted octanol–water partition coefficient (Wildman–Crippen LogP) is 4.96. The first kappa shape index (κ1) is 17.4. The Morgan fingerprint density at radius 2 is 1.80 bits per heavy atom. The van der Waals surface area contributed by atoms with E-state index >= 15 is 0 Å². The lowest BCUT2D eigenvalue weighted by molar-refractivity contribution is -0.113. The number of carbonyl (C=O) groups is 1. The van der Waals surface area contributed by atoms with Gasteiger partial charge < -0.3 is 0 Å². The van der Waals surface area contributed by atoms with Crippen molar-refractivity contribution >= 4 is 34.6 Å². The maximum absolute atomic E-state index is 13.2. The van der Waals surface area contributed by atoms with Gasteiger partial charge >= 0.3 is 0 Å². The zero-order chi connectivity index (χ0) is 17.8. The van der Waals surface area contributed by atoms with Crippen LogP contribution < -0.4 is 4.90 Å². The van der Waals surface area contributed by atoms with Crippen LogP contribution in [0.1, 0.15) is 19.4 Å². The number of amidine groups is 1. The van der Waals surface area contributed by atoms with E-state index in [9.17, 15) is 9.18 Å². The highest BCUT2D eigenvalue weighted by atomic mass is 32.2. The number of benzene rings is 2. The Balaban J connectivity index is 1.95. The second kappa shape index (κ2) is 7.66. The number of halogens is 1. The Hall–Kier alpha value is -2.40. The van der Waals surface area contributed by atoms with Gasteiger partial charge in [-0.05, 0) is 41.8 Å². The summed E-state index contributed by atoms with van der Waals surface area (Å²) in [6.07, 6.45) is 1.78. The van der Waals surface area contributed by atoms with E-state index < -0.39 is 0 Å².